The lowest BCUT2D eigenvalue weighted by Gasteiger charge is -2.32. The average Bonchev–Trinajstić information content (AvgIpc) is 3.13. The van der Waals surface area contributed by atoms with Crippen LogP contribution in [0.4, 0.5) is 18.9 Å². The summed E-state index contributed by atoms with van der Waals surface area (Å²) in [6.07, 6.45) is -2.78. The van der Waals surface area contributed by atoms with Crippen LogP contribution in [0.25, 0.3) is 11.1 Å². The summed E-state index contributed by atoms with van der Waals surface area (Å²) in [5, 5.41) is 8.00. The lowest BCUT2D eigenvalue weighted by Crippen LogP contribution is -2.44. The van der Waals surface area contributed by atoms with Crippen LogP contribution >= 0.6 is 0 Å². The van der Waals surface area contributed by atoms with Gasteiger partial charge in [0.15, 0.2) is 0 Å². The fourth-order valence-corrected chi connectivity index (χ4v) is 4.24. The van der Waals surface area contributed by atoms with Crippen molar-refractivity contribution >= 4 is 5.69 Å². The third-order valence-corrected chi connectivity index (χ3v) is 6.32. The number of aryl methyl sites for hydroxylation is 1. The molecule has 6 nitrogen and oxygen atoms in total. The summed E-state index contributed by atoms with van der Waals surface area (Å²) in [5.41, 5.74) is 6.13. The van der Waals surface area contributed by atoms with Crippen molar-refractivity contribution in [2.75, 3.05) is 38.5 Å². The summed E-state index contributed by atoms with van der Waals surface area (Å²) in [4.78, 5) is 4.80. The van der Waals surface area contributed by atoms with Crippen molar-refractivity contribution in [2.45, 2.75) is 26.4 Å². The molecular weight excluding hydrogens is 443 g/mol. The van der Waals surface area contributed by atoms with Gasteiger partial charge >= 0.3 is 6.36 Å². The zero-order chi connectivity index (χ0) is 24.3. The quantitative estimate of drug-likeness (QED) is 0.541. The molecule has 3 aromatic rings. The molecule has 0 saturated carbocycles. The molecule has 1 saturated heterocycles. The first-order valence-corrected chi connectivity index (χ1v) is 11.3. The van der Waals surface area contributed by atoms with Gasteiger partial charge in [-0.05, 0) is 48.9 Å². The van der Waals surface area contributed by atoms with Crippen LogP contribution in [0.1, 0.15) is 16.8 Å². The smallest absolute Gasteiger partial charge is 0.406 e. The second-order valence-corrected chi connectivity index (χ2v) is 8.72. The third-order valence-electron chi connectivity index (χ3n) is 6.32. The fraction of sp³-hybridized carbons (Fsp3) is 0.400. The van der Waals surface area contributed by atoms with Gasteiger partial charge in [0.1, 0.15) is 5.75 Å². The minimum atomic E-state index is -4.70. The Bertz CT molecular complexity index is 1100. The molecule has 34 heavy (non-hydrogen) atoms. The number of nitrogens with zero attached hydrogens (tertiary/aromatic N) is 4. The number of aromatic nitrogens is 2. The number of rotatable bonds is 7. The van der Waals surface area contributed by atoms with Crippen LogP contribution < -0.4 is 10.1 Å². The Kier molecular flexibility index (Phi) is 7.13. The average molecular weight is 474 g/mol. The third kappa shape index (κ3) is 5.90. The number of hydrogen-bond donors (Lipinski definition) is 1. The van der Waals surface area contributed by atoms with Crippen LogP contribution in [0.2, 0.25) is 0 Å². The monoisotopic (exact) mass is 473 g/mol. The predicted molar refractivity (Wildman–Crippen MR) is 127 cm³/mol. The Labute approximate surface area is 197 Å². The number of nitrogens with one attached hydrogen (secondary N) is 1. The highest BCUT2D eigenvalue weighted by atomic mass is 19.4. The summed E-state index contributed by atoms with van der Waals surface area (Å²) in [6, 6.07) is 11.9. The molecule has 0 unspecified atom stereocenters. The maximum absolute atomic E-state index is 12.4. The van der Waals surface area contributed by atoms with Crippen LogP contribution in [0.15, 0.2) is 48.7 Å². The number of ether oxygens (including phenoxy) is 1. The van der Waals surface area contributed by atoms with E-state index in [2.05, 4.69) is 32.0 Å². The summed E-state index contributed by atoms with van der Waals surface area (Å²) >= 11 is 0. The summed E-state index contributed by atoms with van der Waals surface area (Å²) in [7, 11) is 4.13. The van der Waals surface area contributed by atoms with E-state index in [1.807, 2.05) is 43.0 Å². The van der Waals surface area contributed by atoms with Gasteiger partial charge in [-0.25, -0.2) is 0 Å². The number of likely N-dealkylation sites (N-methyl/N-ethyl adjacent to an activating group) is 1. The van der Waals surface area contributed by atoms with E-state index >= 15 is 0 Å². The van der Waals surface area contributed by atoms with Crippen LogP contribution in [0.3, 0.4) is 0 Å². The zero-order valence-electron chi connectivity index (χ0n) is 19.7. The van der Waals surface area contributed by atoms with E-state index in [-0.39, 0.29) is 5.75 Å². The normalized spacial score (nSPS) is 15.5. The molecule has 0 spiro atoms. The Morgan fingerprint density at radius 3 is 2.38 bits per heavy atom. The molecule has 0 amide bonds. The summed E-state index contributed by atoms with van der Waals surface area (Å²) < 4.78 is 43.3. The molecule has 0 bridgehead atoms. The highest BCUT2D eigenvalue weighted by molar-refractivity contribution is 5.74. The number of hydrogen-bond acceptors (Lipinski definition) is 5. The fourth-order valence-electron chi connectivity index (χ4n) is 4.24. The first kappa shape index (κ1) is 24.1. The molecule has 1 aliphatic heterocycles. The van der Waals surface area contributed by atoms with Crippen LogP contribution in [-0.4, -0.2) is 59.2 Å². The van der Waals surface area contributed by atoms with Gasteiger partial charge in [-0.3, -0.25) is 9.58 Å². The predicted octanol–water partition coefficient (Wildman–Crippen LogP) is 4.65. The minimum Gasteiger partial charge on any atom is -0.406 e. The van der Waals surface area contributed by atoms with Gasteiger partial charge in [-0.1, -0.05) is 24.3 Å². The highest BCUT2D eigenvalue weighted by Crippen LogP contribution is 2.31. The van der Waals surface area contributed by atoms with Crippen molar-refractivity contribution in [3.05, 3.63) is 65.5 Å². The van der Waals surface area contributed by atoms with Crippen molar-refractivity contribution in [2.24, 2.45) is 7.05 Å². The number of benzene rings is 2. The van der Waals surface area contributed by atoms with Gasteiger partial charge in [-0.15, -0.1) is 13.2 Å². The molecule has 0 radical (unpaired) electrons. The van der Waals surface area contributed by atoms with E-state index in [1.54, 1.807) is 12.1 Å². The number of anilines is 1. The topological polar surface area (TPSA) is 45.6 Å². The van der Waals surface area contributed by atoms with Gasteiger partial charge in [-0.2, -0.15) is 5.10 Å². The molecule has 0 atom stereocenters. The molecule has 1 aliphatic rings. The molecule has 1 fully saturated rings. The largest absolute Gasteiger partial charge is 0.573 e. The summed E-state index contributed by atoms with van der Waals surface area (Å²) in [6.45, 7) is 7.74. The van der Waals surface area contributed by atoms with E-state index in [1.165, 1.54) is 17.8 Å². The first-order valence-electron chi connectivity index (χ1n) is 11.3. The SMILES string of the molecule is Cc1c(NCc2cnn(C)c2CN2CCN(C)CC2)cccc1-c1ccc(OC(F)(F)F)cc1. The highest BCUT2D eigenvalue weighted by Gasteiger charge is 2.31. The van der Waals surface area contributed by atoms with Gasteiger partial charge < -0.3 is 15.0 Å². The second-order valence-electron chi connectivity index (χ2n) is 8.72. The van der Waals surface area contributed by atoms with E-state index in [0.29, 0.717) is 6.54 Å². The second kappa shape index (κ2) is 10.1. The van der Waals surface area contributed by atoms with Crippen LogP contribution in [0, 0.1) is 6.92 Å². The van der Waals surface area contributed by atoms with E-state index in [0.717, 1.165) is 60.7 Å². The van der Waals surface area contributed by atoms with Gasteiger partial charge in [0.25, 0.3) is 0 Å². The Morgan fingerprint density at radius 2 is 1.71 bits per heavy atom. The molecule has 1 N–H and O–H groups in total. The van der Waals surface area contributed by atoms with Crippen LogP contribution in [-0.2, 0) is 20.1 Å². The summed E-state index contributed by atoms with van der Waals surface area (Å²) in [5.74, 6) is -0.229. The molecule has 2 aromatic carbocycles. The first-order chi connectivity index (χ1) is 16.2. The van der Waals surface area contributed by atoms with Crippen molar-refractivity contribution in [1.82, 2.24) is 19.6 Å². The Hall–Kier alpha value is -3.04. The van der Waals surface area contributed by atoms with Crippen molar-refractivity contribution in [3.8, 4) is 16.9 Å². The van der Waals surface area contributed by atoms with Crippen molar-refractivity contribution < 1.29 is 17.9 Å². The number of halogens is 3. The molecule has 9 heteroatoms. The molecule has 182 valence electrons. The molecule has 1 aromatic heterocycles. The Morgan fingerprint density at radius 1 is 1.00 bits per heavy atom. The standard InChI is InChI=1S/C25H30F3N5O/c1-18-22(19-7-9-21(10-8-19)34-25(26,27)28)5-4-6-23(18)29-15-20-16-30-32(3)24(20)17-33-13-11-31(2)12-14-33/h4-10,16,29H,11-15,17H2,1-3H3. The van der Waals surface area contributed by atoms with E-state index in [4.69, 9.17) is 0 Å². The van der Waals surface area contributed by atoms with Crippen LogP contribution in [0.5, 0.6) is 5.75 Å². The van der Waals surface area contributed by atoms with Crippen molar-refractivity contribution in [1.29, 1.82) is 0 Å². The van der Waals surface area contributed by atoms with Crippen molar-refractivity contribution in [3.63, 3.8) is 0 Å². The van der Waals surface area contributed by atoms with Gasteiger partial charge in [0, 0.05) is 57.6 Å². The van der Waals surface area contributed by atoms with E-state index in [9.17, 15) is 13.2 Å². The molecule has 4 rings (SSSR count). The zero-order valence-corrected chi connectivity index (χ0v) is 19.7. The maximum atomic E-state index is 12.4. The number of alkyl halides is 3. The maximum Gasteiger partial charge on any atom is 0.573 e. The molecule has 2 heterocycles. The van der Waals surface area contributed by atoms with Gasteiger partial charge in [0.05, 0.1) is 11.9 Å². The molecular formula is C25H30F3N5O. The minimum absolute atomic E-state index is 0.229. The van der Waals surface area contributed by atoms with E-state index < -0.39 is 6.36 Å². The Balaban J connectivity index is 1.45. The lowest BCUT2D eigenvalue weighted by atomic mass is 9.99. The lowest BCUT2D eigenvalue weighted by molar-refractivity contribution is -0.274. The number of piperazine rings is 1. The molecule has 0 aliphatic carbocycles. The van der Waals surface area contributed by atoms with Gasteiger partial charge in [0.2, 0.25) is 0 Å².